The van der Waals surface area contributed by atoms with Crippen molar-refractivity contribution in [2.45, 2.75) is 32.1 Å². The molecule has 1 N–H and O–H groups in total. The second kappa shape index (κ2) is 8.62. The van der Waals surface area contributed by atoms with Gasteiger partial charge in [0.2, 0.25) is 0 Å². The molecule has 6 heteroatoms. The molecule has 1 aliphatic heterocycles. The molecule has 1 heterocycles. The van der Waals surface area contributed by atoms with E-state index >= 15 is 0 Å². The fourth-order valence-electron chi connectivity index (χ4n) is 2.62. The predicted octanol–water partition coefficient (Wildman–Crippen LogP) is 2.06. The van der Waals surface area contributed by atoms with Gasteiger partial charge in [0, 0.05) is 60.6 Å². The molecule has 0 spiro atoms. The van der Waals surface area contributed by atoms with Crippen LogP contribution < -0.4 is 5.32 Å². The zero-order valence-corrected chi connectivity index (χ0v) is 15.8. The Bertz CT molecular complexity index is 549. The molecule has 1 atom stereocenters. The molecule has 2 amide bonds. The Labute approximate surface area is 147 Å². The molecular formula is C18H29N3O2S. The monoisotopic (exact) mass is 351 g/mol. The summed E-state index contributed by atoms with van der Waals surface area (Å²) < 4.78 is 11.8. The summed E-state index contributed by atoms with van der Waals surface area (Å²) in [5.41, 5.74) is 1.31. The van der Waals surface area contributed by atoms with Crippen molar-refractivity contribution in [2.75, 3.05) is 38.5 Å². The van der Waals surface area contributed by atoms with Crippen LogP contribution in [0.4, 0.5) is 4.79 Å². The van der Waals surface area contributed by atoms with Crippen LogP contribution in [0.25, 0.3) is 0 Å². The summed E-state index contributed by atoms with van der Waals surface area (Å²) in [4.78, 5) is 16.4. The Kier molecular flexibility index (Phi) is 6.80. The van der Waals surface area contributed by atoms with Crippen molar-refractivity contribution in [2.24, 2.45) is 0 Å². The van der Waals surface area contributed by atoms with E-state index in [4.69, 9.17) is 0 Å². The summed E-state index contributed by atoms with van der Waals surface area (Å²) in [5.74, 6) is 0.503. The highest BCUT2D eigenvalue weighted by Crippen LogP contribution is 2.11. The second-order valence-corrected chi connectivity index (χ2v) is 9.47. The first-order valence-electron chi connectivity index (χ1n) is 8.54. The van der Waals surface area contributed by atoms with Gasteiger partial charge in [-0.1, -0.05) is 30.3 Å². The standard InChI is InChI=1S/C18H29N3O2S/c1-18(2,3)24(23)14-9-19-17(22)21-12-10-20(11-13-21)15-16-7-5-4-6-8-16/h4-8H,9-15H2,1-3H3,(H,19,22). The van der Waals surface area contributed by atoms with Gasteiger partial charge in [0.15, 0.2) is 0 Å². The van der Waals surface area contributed by atoms with E-state index in [0.29, 0.717) is 12.3 Å². The van der Waals surface area contributed by atoms with Crippen molar-refractivity contribution < 1.29 is 9.00 Å². The van der Waals surface area contributed by atoms with Crippen LogP contribution in [0, 0.1) is 0 Å². The van der Waals surface area contributed by atoms with Gasteiger partial charge in [-0.3, -0.25) is 9.11 Å². The first kappa shape index (κ1) is 18.9. The summed E-state index contributed by atoms with van der Waals surface area (Å²) in [7, 11) is -0.929. The minimum absolute atomic E-state index is 0.0414. The van der Waals surface area contributed by atoms with E-state index < -0.39 is 10.8 Å². The van der Waals surface area contributed by atoms with Gasteiger partial charge in [-0.2, -0.15) is 0 Å². The topological polar surface area (TPSA) is 52.7 Å². The van der Waals surface area contributed by atoms with Gasteiger partial charge in [-0.15, -0.1) is 0 Å². The van der Waals surface area contributed by atoms with Crippen LogP contribution in [0.2, 0.25) is 0 Å². The summed E-state index contributed by atoms with van der Waals surface area (Å²) >= 11 is 0. The molecule has 0 aromatic heterocycles. The first-order chi connectivity index (χ1) is 11.4. The Morgan fingerprint density at radius 1 is 1.12 bits per heavy atom. The highest BCUT2D eigenvalue weighted by Gasteiger charge is 2.22. The van der Waals surface area contributed by atoms with E-state index in [1.165, 1.54) is 5.56 Å². The first-order valence-corrected chi connectivity index (χ1v) is 9.86. The van der Waals surface area contributed by atoms with E-state index in [1.807, 2.05) is 31.7 Å². The fourth-order valence-corrected chi connectivity index (χ4v) is 3.52. The summed E-state index contributed by atoms with van der Waals surface area (Å²) in [6.45, 7) is 10.5. The molecule has 1 unspecified atom stereocenters. The van der Waals surface area contributed by atoms with E-state index in [2.05, 4.69) is 34.5 Å². The van der Waals surface area contributed by atoms with Gasteiger partial charge >= 0.3 is 6.03 Å². The molecule has 24 heavy (non-hydrogen) atoms. The molecule has 5 nitrogen and oxygen atoms in total. The molecule has 1 aromatic rings. The second-order valence-electron chi connectivity index (χ2n) is 7.14. The average molecular weight is 352 g/mol. The lowest BCUT2D eigenvalue weighted by atomic mass is 10.2. The third-order valence-corrected chi connectivity index (χ3v) is 6.10. The third kappa shape index (κ3) is 5.91. The maximum Gasteiger partial charge on any atom is 0.317 e. The molecular weight excluding hydrogens is 322 g/mol. The lowest BCUT2D eigenvalue weighted by Gasteiger charge is -2.34. The molecule has 0 aliphatic carbocycles. The minimum Gasteiger partial charge on any atom is -0.337 e. The maximum absolute atomic E-state index is 12.2. The number of amides is 2. The molecule has 1 fully saturated rings. The highest BCUT2D eigenvalue weighted by atomic mass is 32.2. The number of piperazine rings is 1. The number of hydrogen-bond acceptors (Lipinski definition) is 3. The number of hydrogen-bond donors (Lipinski definition) is 1. The fraction of sp³-hybridized carbons (Fsp3) is 0.611. The largest absolute Gasteiger partial charge is 0.337 e. The lowest BCUT2D eigenvalue weighted by molar-refractivity contribution is 0.135. The van der Waals surface area contributed by atoms with Crippen LogP contribution in [0.5, 0.6) is 0 Å². The summed E-state index contributed by atoms with van der Waals surface area (Å²) in [5, 5.41) is 2.90. The highest BCUT2D eigenvalue weighted by molar-refractivity contribution is 7.86. The van der Waals surface area contributed by atoms with Gasteiger partial charge in [-0.05, 0) is 26.3 Å². The zero-order chi connectivity index (χ0) is 17.6. The van der Waals surface area contributed by atoms with Crippen LogP contribution in [0.3, 0.4) is 0 Å². The number of nitrogens with one attached hydrogen (secondary N) is 1. The minimum atomic E-state index is -0.929. The quantitative estimate of drug-likeness (QED) is 0.883. The van der Waals surface area contributed by atoms with Gasteiger partial charge < -0.3 is 10.2 Å². The number of nitrogens with zero attached hydrogens (tertiary/aromatic N) is 2. The molecule has 0 radical (unpaired) electrons. The van der Waals surface area contributed by atoms with Gasteiger partial charge in [0.05, 0.1) is 0 Å². The Balaban J connectivity index is 1.68. The number of urea groups is 1. The van der Waals surface area contributed by atoms with Crippen LogP contribution in [-0.2, 0) is 17.3 Å². The number of benzene rings is 1. The molecule has 1 saturated heterocycles. The Hall–Kier alpha value is -1.40. The molecule has 2 rings (SSSR count). The third-order valence-electron chi connectivity index (χ3n) is 4.16. The normalized spacial score (nSPS) is 17.5. The summed E-state index contributed by atoms with van der Waals surface area (Å²) in [6.07, 6.45) is 0. The SMILES string of the molecule is CC(C)(C)S(=O)CCNC(=O)N1CCN(Cc2ccccc2)CC1. The predicted molar refractivity (Wildman–Crippen MR) is 99.5 cm³/mol. The van der Waals surface area contributed by atoms with E-state index in [1.54, 1.807) is 0 Å². The molecule has 1 aliphatic rings. The van der Waals surface area contributed by atoms with Gasteiger partial charge in [0.1, 0.15) is 0 Å². The molecule has 134 valence electrons. The van der Waals surface area contributed by atoms with Crippen LogP contribution in [0.15, 0.2) is 30.3 Å². The molecule has 1 aromatic carbocycles. The molecule has 0 saturated carbocycles. The van der Waals surface area contributed by atoms with E-state index in [0.717, 1.165) is 32.7 Å². The molecule has 0 bridgehead atoms. The summed E-state index contributed by atoms with van der Waals surface area (Å²) in [6, 6.07) is 10.4. The van der Waals surface area contributed by atoms with Crippen molar-refractivity contribution >= 4 is 16.8 Å². The lowest BCUT2D eigenvalue weighted by Crippen LogP contribution is -2.52. The van der Waals surface area contributed by atoms with E-state index in [9.17, 15) is 9.00 Å². The van der Waals surface area contributed by atoms with Crippen molar-refractivity contribution in [3.8, 4) is 0 Å². The zero-order valence-electron chi connectivity index (χ0n) is 15.0. The van der Waals surface area contributed by atoms with Gasteiger partial charge in [-0.25, -0.2) is 4.79 Å². The van der Waals surface area contributed by atoms with Gasteiger partial charge in [0.25, 0.3) is 0 Å². The Morgan fingerprint density at radius 3 is 2.33 bits per heavy atom. The Morgan fingerprint density at radius 2 is 1.75 bits per heavy atom. The number of rotatable bonds is 5. The number of carbonyl (C=O) groups is 1. The maximum atomic E-state index is 12.2. The van der Waals surface area contributed by atoms with Crippen LogP contribution >= 0.6 is 0 Å². The average Bonchev–Trinajstić information content (AvgIpc) is 2.55. The van der Waals surface area contributed by atoms with Crippen molar-refractivity contribution in [3.05, 3.63) is 35.9 Å². The number of carbonyl (C=O) groups excluding carboxylic acids is 1. The smallest absolute Gasteiger partial charge is 0.317 e. The van der Waals surface area contributed by atoms with Crippen molar-refractivity contribution in [1.29, 1.82) is 0 Å². The van der Waals surface area contributed by atoms with Crippen molar-refractivity contribution in [3.63, 3.8) is 0 Å². The van der Waals surface area contributed by atoms with E-state index in [-0.39, 0.29) is 10.8 Å². The van der Waals surface area contributed by atoms with Crippen molar-refractivity contribution in [1.82, 2.24) is 15.1 Å². The van der Waals surface area contributed by atoms with Crippen LogP contribution in [-0.4, -0.2) is 63.3 Å². The van der Waals surface area contributed by atoms with Crippen LogP contribution in [0.1, 0.15) is 26.3 Å².